The average molecular weight is 446 g/mol. The molecular weight excluding hydrogens is 426 g/mol. The van der Waals surface area contributed by atoms with E-state index in [1.807, 2.05) is 6.92 Å². The van der Waals surface area contributed by atoms with Crippen molar-refractivity contribution in [3.63, 3.8) is 0 Å². The fourth-order valence-electron chi connectivity index (χ4n) is 2.79. The van der Waals surface area contributed by atoms with Crippen molar-refractivity contribution >= 4 is 40.4 Å². The van der Waals surface area contributed by atoms with Gasteiger partial charge in [0, 0.05) is 17.8 Å². The molecule has 2 amide bonds. The second kappa shape index (κ2) is 8.76. The molecule has 3 rings (SSSR count). The summed E-state index contributed by atoms with van der Waals surface area (Å²) in [6.45, 7) is 5.10. The molecule has 30 heavy (non-hydrogen) atoms. The molecule has 0 unspecified atom stereocenters. The number of aromatic nitrogens is 3. The molecule has 156 valence electrons. The number of halogens is 1. The van der Waals surface area contributed by atoms with Gasteiger partial charge in [-0.3, -0.25) is 14.4 Å². The van der Waals surface area contributed by atoms with Crippen molar-refractivity contribution in [3.05, 3.63) is 61.5 Å². The van der Waals surface area contributed by atoms with Crippen LogP contribution in [0.4, 0.5) is 5.69 Å². The lowest BCUT2D eigenvalue weighted by atomic mass is 10.1. The molecular formula is C20H20ClN5O3S. The van der Waals surface area contributed by atoms with Crippen molar-refractivity contribution in [2.24, 2.45) is 7.05 Å². The van der Waals surface area contributed by atoms with Gasteiger partial charge in [0.05, 0.1) is 23.5 Å². The van der Waals surface area contributed by atoms with Gasteiger partial charge in [0.1, 0.15) is 9.88 Å². The Morgan fingerprint density at radius 2 is 1.80 bits per heavy atom. The van der Waals surface area contributed by atoms with E-state index in [-0.39, 0.29) is 18.0 Å². The highest BCUT2D eigenvalue weighted by atomic mass is 35.5. The van der Waals surface area contributed by atoms with Gasteiger partial charge in [0.25, 0.3) is 11.5 Å². The Hall–Kier alpha value is -3.04. The predicted octanol–water partition coefficient (Wildman–Crippen LogP) is 2.85. The van der Waals surface area contributed by atoms with Crippen LogP contribution in [-0.4, -0.2) is 33.1 Å². The monoisotopic (exact) mass is 445 g/mol. The normalized spacial score (nSPS) is 10.7. The third-order valence-electron chi connectivity index (χ3n) is 4.48. The molecule has 8 nitrogen and oxygen atoms in total. The first-order valence-electron chi connectivity index (χ1n) is 9.03. The standard InChI is InChI=1S/C20H20ClN5O3S/c1-10-11(2)25-26(4)20(29)16(10)19-23-12(3)17(30-19)18(28)22-9-15(27)24-14-7-5-13(21)6-8-14/h5-8H,9H2,1-4H3,(H,22,28)(H,24,27). The van der Waals surface area contributed by atoms with Crippen molar-refractivity contribution in [3.8, 4) is 10.6 Å². The molecule has 0 bridgehead atoms. The second-order valence-corrected chi connectivity index (χ2v) is 8.12. The summed E-state index contributed by atoms with van der Waals surface area (Å²) >= 11 is 6.93. The number of carbonyl (C=O) groups excluding carboxylic acids is 2. The van der Waals surface area contributed by atoms with Gasteiger partial charge in [-0.2, -0.15) is 5.10 Å². The minimum absolute atomic E-state index is 0.205. The smallest absolute Gasteiger partial charge is 0.277 e. The number of amides is 2. The van der Waals surface area contributed by atoms with Crippen LogP contribution in [0.5, 0.6) is 0 Å². The number of carbonyl (C=O) groups is 2. The first-order chi connectivity index (χ1) is 14.2. The highest BCUT2D eigenvalue weighted by molar-refractivity contribution is 7.17. The lowest BCUT2D eigenvalue weighted by Gasteiger charge is -2.07. The minimum atomic E-state index is -0.428. The van der Waals surface area contributed by atoms with Crippen LogP contribution < -0.4 is 16.2 Å². The van der Waals surface area contributed by atoms with Crippen molar-refractivity contribution in [1.82, 2.24) is 20.1 Å². The van der Waals surface area contributed by atoms with E-state index in [4.69, 9.17) is 11.6 Å². The maximum atomic E-state index is 12.6. The fourth-order valence-corrected chi connectivity index (χ4v) is 4.00. The molecule has 0 saturated carbocycles. The number of hydrogen-bond donors (Lipinski definition) is 2. The third-order valence-corrected chi connectivity index (χ3v) is 5.91. The zero-order valence-electron chi connectivity index (χ0n) is 16.9. The predicted molar refractivity (Wildman–Crippen MR) is 117 cm³/mol. The summed E-state index contributed by atoms with van der Waals surface area (Å²) in [6.07, 6.45) is 0. The summed E-state index contributed by atoms with van der Waals surface area (Å²) in [5.74, 6) is -0.801. The number of hydrogen-bond acceptors (Lipinski definition) is 6. The molecule has 2 heterocycles. The fraction of sp³-hybridized carbons (Fsp3) is 0.250. The van der Waals surface area contributed by atoms with Crippen LogP contribution in [-0.2, 0) is 11.8 Å². The summed E-state index contributed by atoms with van der Waals surface area (Å²) in [5, 5.41) is 10.4. The molecule has 2 N–H and O–H groups in total. The van der Waals surface area contributed by atoms with Crippen LogP contribution in [0.1, 0.15) is 26.6 Å². The number of nitrogens with zero attached hydrogens (tertiary/aromatic N) is 3. The van der Waals surface area contributed by atoms with Crippen LogP contribution in [0.15, 0.2) is 29.1 Å². The van der Waals surface area contributed by atoms with Crippen molar-refractivity contribution in [2.45, 2.75) is 20.8 Å². The highest BCUT2D eigenvalue weighted by Gasteiger charge is 2.21. The summed E-state index contributed by atoms with van der Waals surface area (Å²) < 4.78 is 1.26. The zero-order valence-corrected chi connectivity index (χ0v) is 18.4. The summed E-state index contributed by atoms with van der Waals surface area (Å²) in [7, 11) is 1.58. The number of nitrogens with one attached hydrogen (secondary N) is 2. The number of benzene rings is 1. The molecule has 0 radical (unpaired) electrons. The SMILES string of the molecule is Cc1nc(-c2c(C)c(C)nn(C)c2=O)sc1C(=O)NCC(=O)Nc1ccc(Cl)cc1. The lowest BCUT2D eigenvalue weighted by molar-refractivity contribution is -0.115. The summed E-state index contributed by atoms with van der Waals surface area (Å²) in [5.41, 5.74) is 2.65. The van der Waals surface area contributed by atoms with E-state index in [1.54, 1.807) is 45.2 Å². The topological polar surface area (TPSA) is 106 Å². The molecule has 3 aromatic rings. The summed E-state index contributed by atoms with van der Waals surface area (Å²) in [6, 6.07) is 6.65. The maximum absolute atomic E-state index is 12.6. The number of anilines is 1. The van der Waals surface area contributed by atoms with Crippen molar-refractivity contribution < 1.29 is 9.59 Å². The van der Waals surface area contributed by atoms with Crippen molar-refractivity contribution in [1.29, 1.82) is 0 Å². The van der Waals surface area contributed by atoms with Gasteiger partial charge in [-0.25, -0.2) is 9.67 Å². The quantitative estimate of drug-likeness (QED) is 0.628. The van der Waals surface area contributed by atoms with Gasteiger partial charge >= 0.3 is 0 Å². The Bertz CT molecular complexity index is 1180. The maximum Gasteiger partial charge on any atom is 0.277 e. The van der Waals surface area contributed by atoms with Gasteiger partial charge in [0.2, 0.25) is 5.91 Å². The van der Waals surface area contributed by atoms with Crippen LogP contribution >= 0.6 is 22.9 Å². The van der Waals surface area contributed by atoms with Gasteiger partial charge in [-0.05, 0) is 50.6 Å². The van der Waals surface area contributed by atoms with Crippen LogP contribution in [0.25, 0.3) is 10.6 Å². The van der Waals surface area contributed by atoms with Gasteiger partial charge in [0.15, 0.2) is 0 Å². The number of thiazole rings is 1. The van der Waals surface area contributed by atoms with Crippen molar-refractivity contribution in [2.75, 3.05) is 11.9 Å². The van der Waals surface area contributed by atoms with E-state index in [0.717, 1.165) is 16.9 Å². The van der Waals surface area contributed by atoms with Crippen LogP contribution in [0.3, 0.4) is 0 Å². The molecule has 0 saturated heterocycles. The summed E-state index contributed by atoms with van der Waals surface area (Å²) in [4.78, 5) is 42.0. The first-order valence-corrected chi connectivity index (χ1v) is 10.2. The van der Waals surface area contributed by atoms with Gasteiger partial charge in [-0.1, -0.05) is 11.6 Å². The average Bonchev–Trinajstić information content (AvgIpc) is 3.08. The Labute approximate surface area is 181 Å². The van der Waals surface area contributed by atoms with Crippen LogP contribution in [0.2, 0.25) is 5.02 Å². The van der Waals surface area contributed by atoms with E-state index in [1.165, 1.54) is 4.68 Å². The first kappa shape index (κ1) is 21.7. The largest absolute Gasteiger partial charge is 0.342 e. The van der Waals surface area contributed by atoms with Crippen LogP contribution in [0, 0.1) is 20.8 Å². The Morgan fingerprint density at radius 1 is 1.13 bits per heavy atom. The van der Waals surface area contributed by atoms with E-state index < -0.39 is 5.91 Å². The Morgan fingerprint density at radius 3 is 2.47 bits per heavy atom. The lowest BCUT2D eigenvalue weighted by Crippen LogP contribution is -2.32. The molecule has 0 spiro atoms. The van der Waals surface area contributed by atoms with Gasteiger partial charge in [-0.15, -0.1) is 11.3 Å². The molecule has 10 heteroatoms. The zero-order chi connectivity index (χ0) is 22.0. The minimum Gasteiger partial charge on any atom is -0.342 e. The molecule has 0 aliphatic heterocycles. The van der Waals surface area contributed by atoms with E-state index >= 15 is 0 Å². The second-order valence-electron chi connectivity index (χ2n) is 6.69. The highest BCUT2D eigenvalue weighted by Crippen LogP contribution is 2.28. The number of aryl methyl sites for hydroxylation is 3. The molecule has 0 aliphatic rings. The van der Waals surface area contributed by atoms with E-state index in [0.29, 0.717) is 37.5 Å². The number of rotatable bonds is 5. The molecule has 0 atom stereocenters. The van der Waals surface area contributed by atoms with E-state index in [9.17, 15) is 14.4 Å². The van der Waals surface area contributed by atoms with Gasteiger partial charge < -0.3 is 10.6 Å². The molecule has 2 aromatic heterocycles. The molecule has 0 aliphatic carbocycles. The Kier molecular flexibility index (Phi) is 6.33. The van der Waals surface area contributed by atoms with E-state index in [2.05, 4.69) is 20.7 Å². The molecule has 1 aromatic carbocycles. The molecule has 0 fully saturated rings. The Balaban J connectivity index is 1.74. The third kappa shape index (κ3) is 4.58.